The number of rotatable bonds is 5. The minimum Gasteiger partial charge on any atom is -0.497 e. The van der Waals surface area contributed by atoms with E-state index in [0.717, 1.165) is 5.69 Å². The highest BCUT2D eigenvalue weighted by Crippen LogP contribution is 2.29. The minimum absolute atomic E-state index is 0.133. The van der Waals surface area contributed by atoms with Crippen LogP contribution in [0.1, 0.15) is 16.1 Å². The Labute approximate surface area is 162 Å². The maximum absolute atomic E-state index is 12.9. The van der Waals surface area contributed by atoms with Gasteiger partial charge in [-0.05, 0) is 42.8 Å². The normalized spacial score (nSPS) is 13.9. The van der Waals surface area contributed by atoms with Crippen molar-refractivity contribution in [2.45, 2.75) is 11.3 Å². The quantitative estimate of drug-likeness (QED) is 0.687. The second-order valence-corrected chi connectivity index (χ2v) is 7.93. The zero-order chi connectivity index (χ0) is 19.7. The standard InChI is InChI=1S/C19H18N4O4S/c1-27-14-9-7-13(8-10-14)23-12-11-16-17(19(23)24)20-21-18(16)22-28(25,26)15-5-3-2-4-6-15/h2-10H,11-12H2,1H3,(H2,20,21,22). The van der Waals surface area contributed by atoms with Gasteiger partial charge >= 0.3 is 0 Å². The monoisotopic (exact) mass is 398 g/mol. The third-order valence-corrected chi connectivity index (χ3v) is 5.94. The van der Waals surface area contributed by atoms with Crippen LogP contribution in [0.3, 0.4) is 0 Å². The fraction of sp³-hybridized carbons (Fsp3) is 0.158. The summed E-state index contributed by atoms with van der Waals surface area (Å²) in [7, 11) is -2.20. The van der Waals surface area contributed by atoms with Crippen molar-refractivity contribution in [3.8, 4) is 5.75 Å². The summed E-state index contributed by atoms with van der Waals surface area (Å²) in [6.45, 7) is 0.414. The highest BCUT2D eigenvalue weighted by molar-refractivity contribution is 7.92. The number of sulfonamides is 1. The van der Waals surface area contributed by atoms with Crippen LogP contribution in [0.5, 0.6) is 5.75 Å². The molecule has 1 aliphatic heterocycles. The molecule has 3 aromatic rings. The lowest BCUT2D eigenvalue weighted by Gasteiger charge is -2.26. The van der Waals surface area contributed by atoms with Crippen molar-refractivity contribution in [3.63, 3.8) is 0 Å². The number of amides is 1. The molecular formula is C19H18N4O4S. The Hall–Kier alpha value is -3.33. The number of aromatic nitrogens is 2. The molecule has 0 unspecified atom stereocenters. The number of hydrogen-bond acceptors (Lipinski definition) is 5. The van der Waals surface area contributed by atoms with Crippen LogP contribution in [-0.2, 0) is 16.4 Å². The van der Waals surface area contributed by atoms with Gasteiger partial charge in [0.2, 0.25) is 0 Å². The number of hydrogen-bond donors (Lipinski definition) is 2. The van der Waals surface area contributed by atoms with E-state index in [-0.39, 0.29) is 22.3 Å². The van der Waals surface area contributed by atoms with Crippen molar-refractivity contribution >= 4 is 27.4 Å². The van der Waals surface area contributed by atoms with Gasteiger partial charge in [0.1, 0.15) is 11.4 Å². The van der Waals surface area contributed by atoms with Crippen LogP contribution in [0, 0.1) is 0 Å². The molecule has 0 radical (unpaired) electrons. The lowest BCUT2D eigenvalue weighted by molar-refractivity contribution is 0.0976. The Morgan fingerprint density at radius 2 is 1.82 bits per heavy atom. The lowest BCUT2D eigenvalue weighted by Crippen LogP contribution is -2.37. The summed E-state index contributed by atoms with van der Waals surface area (Å²) in [5, 5.41) is 6.71. The van der Waals surface area contributed by atoms with Gasteiger partial charge in [-0.3, -0.25) is 14.6 Å². The summed E-state index contributed by atoms with van der Waals surface area (Å²) >= 11 is 0. The summed E-state index contributed by atoms with van der Waals surface area (Å²) in [6, 6.07) is 15.2. The second kappa shape index (κ2) is 7.01. The number of H-pyrrole nitrogens is 1. The molecule has 144 valence electrons. The van der Waals surface area contributed by atoms with Crippen molar-refractivity contribution in [2.75, 3.05) is 23.3 Å². The van der Waals surface area contributed by atoms with Gasteiger partial charge in [0.05, 0.1) is 12.0 Å². The first-order valence-electron chi connectivity index (χ1n) is 8.60. The van der Waals surface area contributed by atoms with E-state index in [1.807, 2.05) is 0 Å². The molecule has 2 heterocycles. The molecule has 1 aliphatic rings. The number of anilines is 2. The van der Waals surface area contributed by atoms with E-state index in [4.69, 9.17) is 4.74 Å². The Balaban J connectivity index is 1.59. The van der Waals surface area contributed by atoms with Crippen molar-refractivity contribution in [1.82, 2.24) is 10.2 Å². The SMILES string of the molecule is COc1ccc(N2CCc3c(NS(=O)(=O)c4ccccc4)n[nH]c3C2=O)cc1. The van der Waals surface area contributed by atoms with Crippen molar-refractivity contribution in [2.24, 2.45) is 0 Å². The number of nitrogens with zero attached hydrogens (tertiary/aromatic N) is 2. The molecule has 0 saturated heterocycles. The zero-order valence-electron chi connectivity index (χ0n) is 15.0. The van der Waals surface area contributed by atoms with Crippen molar-refractivity contribution in [1.29, 1.82) is 0 Å². The number of carbonyl (C=O) groups is 1. The molecular weight excluding hydrogens is 380 g/mol. The maximum atomic E-state index is 12.9. The van der Waals surface area contributed by atoms with Gasteiger partial charge in [-0.2, -0.15) is 5.10 Å². The van der Waals surface area contributed by atoms with Crippen LogP contribution in [0.15, 0.2) is 59.5 Å². The van der Waals surface area contributed by atoms with Crippen LogP contribution < -0.4 is 14.4 Å². The van der Waals surface area contributed by atoms with Gasteiger partial charge in [-0.25, -0.2) is 8.42 Å². The fourth-order valence-corrected chi connectivity index (χ4v) is 4.18. The predicted molar refractivity (Wildman–Crippen MR) is 104 cm³/mol. The third kappa shape index (κ3) is 3.20. The van der Waals surface area contributed by atoms with Gasteiger partial charge in [-0.15, -0.1) is 0 Å². The zero-order valence-corrected chi connectivity index (χ0v) is 15.9. The van der Waals surface area contributed by atoms with E-state index in [1.54, 1.807) is 54.5 Å². The number of fused-ring (bicyclic) bond motifs is 1. The van der Waals surface area contributed by atoms with Gasteiger partial charge in [-0.1, -0.05) is 18.2 Å². The first-order valence-corrected chi connectivity index (χ1v) is 10.1. The molecule has 4 rings (SSSR count). The van der Waals surface area contributed by atoms with Gasteiger partial charge < -0.3 is 9.64 Å². The van der Waals surface area contributed by atoms with Crippen molar-refractivity contribution in [3.05, 3.63) is 65.9 Å². The topological polar surface area (TPSA) is 104 Å². The summed E-state index contributed by atoms with van der Waals surface area (Å²) in [5.41, 5.74) is 1.58. The average Bonchev–Trinajstić information content (AvgIpc) is 3.12. The molecule has 0 atom stereocenters. The number of nitrogens with one attached hydrogen (secondary N) is 2. The molecule has 9 heteroatoms. The smallest absolute Gasteiger partial charge is 0.276 e. The highest BCUT2D eigenvalue weighted by atomic mass is 32.2. The molecule has 0 fully saturated rings. The van der Waals surface area contributed by atoms with E-state index < -0.39 is 10.0 Å². The number of methoxy groups -OCH3 is 1. The minimum atomic E-state index is -3.78. The number of carbonyl (C=O) groups excluding carboxylic acids is 1. The van der Waals surface area contributed by atoms with E-state index in [9.17, 15) is 13.2 Å². The van der Waals surface area contributed by atoms with E-state index >= 15 is 0 Å². The summed E-state index contributed by atoms with van der Waals surface area (Å²) < 4.78 is 32.7. The molecule has 0 saturated carbocycles. The van der Waals surface area contributed by atoms with Crippen molar-refractivity contribution < 1.29 is 17.9 Å². The van der Waals surface area contributed by atoms with Crippen LogP contribution >= 0.6 is 0 Å². The summed E-state index contributed by atoms with van der Waals surface area (Å²) in [6.07, 6.45) is 0.468. The molecule has 0 bridgehead atoms. The number of benzene rings is 2. The molecule has 1 aromatic heterocycles. The molecule has 2 aromatic carbocycles. The summed E-state index contributed by atoms with van der Waals surface area (Å²) in [4.78, 5) is 14.6. The summed E-state index contributed by atoms with van der Waals surface area (Å²) in [5.74, 6) is 0.596. The Kier molecular flexibility index (Phi) is 4.52. The Morgan fingerprint density at radius 1 is 1.11 bits per heavy atom. The van der Waals surface area contributed by atoms with E-state index in [2.05, 4.69) is 14.9 Å². The third-order valence-electron chi connectivity index (χ3n) is 4.58. The number of ether oxygens (including phenoxy) is 1. The molecule has 0 spiro atoms. The molecule has 8 nitrogen and oxygen atoms in total. The Bertz CT molecular complexity index is 1110. The predicted octanol–water partition coefficient (Wildman–Crippen LogP) is 2.42. The fourth-order valence-electron chi connectivity index (χ4n) is 3.12. The average molecular weight is 398 g/mol. The lowest BCUT2D eigenvalue weighted by atomic mass is 10.1. The molecule has 28 heavy (non-hydrogen) atoms. The van der Waals surface area contributed by atoms with Crippen LogP contribution in [0.2, 0.25) is 0 Å². The van der Waals surface area contributed by atoms with Gasteiger partial charge in [0, 0.05) is 17.8 Å². The van der Waals surface area contributed by atoms with Crippen LogP contribution in [0.25, 0.3) is 0 Å². The van der Waals surface area contributed by atoms with Crippen LogP contribution in [-0.4, -0.2) is 38.2 Å². The first kappa shape index (κ1) is 18.1. The van der Waals surface area contributed by atoms with Gasteiger partial charge in [0.15, 0.2) is 5.82 Å². The van der Waals surface area contributed by atoms with E-state index in [1.165, 1.54) is 12.1 Å². The molecule has 1 amide bonds. The second-order valence-electron chi connectivity index (χ2n) is 6.25. The first-order chi connectivity index (χ1) is 13.5. The maximum Gasteiger partial charge on any atom is 0.276 e. The van der Waals surface area contributed by atoms with Crippen LogP contribution in [0.4, 0.5) is 11.5 Å². The largest absolute Gasteiger partial charge is 0.497 e. The molecule has 0 aliphatic carbocycles. The molecule has 2 N–H and O–H groups in total. The number of aromatic amines is 1. The van der Waals surface area contributed by atoms with E-state index in [0.29, 0.717) is 24.3 Å². The highest BCUT2D eigenvalue weighted by Gasteiger charge is 2.31. The van der Waals surface area contributed by atoms with Gasteiger partial charge in [0.25, 0.3) is 15.9 Å². The Morgan fingerprint density at radius 3 is 2.50 bits per heavy atom.